The molecule has 0 amide bonds. The fraction of sp³-hybridized carbons (Fsp3) is 0.273. The third-order valence-electron chi connectivity index (χ3n) is 2.31. The highest BCUT2D eigenvalue weighted by Crippen LogP contribution is 2.25. The third-order valence-corrected chi connectivity index (χ3v) is 2.61. The zero-order chi connectivity index (χ0) is 11.0. The molecule has 0 aliphatic rings. The second-order valence-electron chi connectivity index (χ2n) is 3.75. The van der Waals surface area contributed by atoms with Gasteiger partial charge in [-0.1, -0.05) is 37.6 Å². The van der Waals surface area contributed by atoms with Crippen LogP contribution in [0.5, 0.6) is 0 Å². The Hall–Kier alpha value is -1.35. The van der Waals surface area contributed by atoms with Crippen molar-refractivity contribution < 1.29 is 0 Å². The van der Waals surface area contributed by atoms with E-state index in [0.717, 1.165) is 11.1 Å². The summed E-state index contributed by atoms with van der Waals surface area (Å²) < 4.78 is 0. The molecule has 1 aromatic carbocycles. The first kappa shape index (κ1) is 10.2. The lowest BCUT2D eigenvalue weighted by Crippen LogP contribution is -2.14. The van der Waals surface area contributed by atoms with E-state index in [0.29, 0.717) is 10.5 Å². The van der Waals surface area contributed by atoms with Crippen molar-refractivity contribution >= 4 is 22.5 Å². The monoisotopic (exact) mass is 222 g/mol. The van der Waals surface area contributed by atoms with Crippen molar-refractivity contribution in [3.05, 3.63) is 39.4 Å². The quantitative estimate of drug-likeness (QED) is 0.807. The molecule has 0 spiro atoms. The minimum absolute atomic E-state index is 0.238. The van der Waals surface area contributed by atoms with Crippen LogP contribution in [0.15, 0.2) is 23.0 Å². The van der Waals surface area contributed by atoms with Crippen molar-refractivity contribution in [2.24, 2.45) is 0 Å². The Kier molecular flexibility index (Phi) is 2.49. The molecule has 78 valence electrons. The summed E-state index contributed by atoms with van der Waals surface area (Å²) >= 11 is 5.99. The van der Waals surface area contributed by atoms with Gasteiger partial charge in [0.2, 0.25) is 0 Å². The van der Waals surface area contributed by atoms with Gasteiger partial charge >= 0.3 is 5.69 Å². The molecule has 2 aromatic rings. The zero-order valence-corrected chi connectivity index (χ0v) is 9.30. The maximum Gasteiger partial charge on any atom is 0.345 e. The number of para-hydroxylation sites is 1. The summed E-state index contributed by atoms with van der Waals surface area (Å²) in [6.45, 7) is 4.04. The van der Waals surface area contributed by atoms with E-state index in [2.05, 4.69) is 9.97 Å². The summed E-state index contributed by atoms with van der Waals surface area (Å²) in [5.74, 6) is 0.238. The number of benzene rings is 1. The van der Waals surface area contributed by atoms with Crippen molar-refractivity contribution in [3.8, 4) is 0 Å². The Morgan fingerprint density at radius 3 is 2.80 bits per heavy atom. The van der Waals surface area contributed by atoms with Gasteiger partial charge in [-0.15, -0.1) is 0 Å². The molecule has 0 bridgehead atoms. The Balaban J connectivity index is 2.93. The number of hydrogen-bond donors (Lipinski definition) is 1. The van der Waals surface area contributed by atoms with Gasteiger partial charge in [0.05, 0.1) is 10.5 Å². The molecule has 1 heterocycles. The Morgan fingerprint density at radius 1 is 1.40 bits per heavy atom. The molecule has 0 aliphatic carbocycles. The zero-order valence-electron chi connectivity index (χ0n) is 8.54. The van der Waals surface area contributed by atoms with Crippen LogP contribution in [0.3, 0.4) is 0 Å². The molecule has 1 N–H and O–H groups in total. The summed E-state index contributed by atoms with van der Waals surface area (Å²) in [4.78, 5) is 18.0. The van der Waals surface area contributed by atoms with Crippen LogP contribution in [0.2, 0.25) is 5.02 Å². The normalized spacial score (nSPS) is 11.2. The summed E-state index contributed by atoms with van der Waals surface area (Å²) in [6, 6.07) is 5.51. The molecule has 0 atom stereocenters. The highest BCUT2D eigenvalue weighted by molar-refractivity contribution is 6.35. The third kappa shape index (κ3) is 1.75. The molecule has 0 saturated heterocycles. The summed E-state index contributed by atoms with van der Waals surface area (Å²) in [6.07, 6.45) is 0. The van der Waals surface area contributed by atoms with Crippen molar-refractivity contribution in [2.45, 2.75) is 19.8 Å². The van der Waals surface area contributed by atoms with E-state index in [1.165, 1.54) is 0 Å². The molecule has 3 nitrogen and oxygen atoms in total. The van der Waals surface area contributed by atoms with Crippen LogP contribution in [-0.4, -0.2) is 9.97 Å². The molecule has 0 unspecified atom stereocenters. The second kappa shape index (κ2) is 3.66. The average molecular weight is 223 g/mol. The van der Waals surface area contributed by atoms with Gasteiger partial charge < -0.3 is 4.98 Å². The maximum absolute atomic E-state index is 11.3. The lowest BCUT2D eigenvalue weighted by molar-refractivity contribution is 0.818. The summed E-state index contributed by atoms with van der Waals surface area (Å²) in [5.41, 5.74) is 1.11. The van der Waals surface area contributed by atoms with Crippen molar-refractivity contribution in [3.63, 3.8) is 0 Å². The molecule has 0 fully saturated rings. The molecule has 4 heteroatoms. The number of nitrogens with zero attached hydrogens (tertiary/aromatic N) is 1. The highest BCUT2D eigenvalue weighted by atomic mass is 35.5. The second-order valence-corrected chi connectivity index (χ2v) is 4.15. The van der Waals surface area contributed by atoms with Crippen LogP contribution in [-0.2, 0) is 0 Å². The molecule has 2 rings (SSSR count). The molecule has 0 radical (unpaired) electrons. The topological polar surface area (TPSA) is 45.8 Å². The van der Waals surface area contributed by atoms with Crippen LogP contribution in [0, 0.1) is 0 Å². The van der Waals surface area contributed by atoms with Gasteiger partial charge in [0.15, 0.2) is 0 Å². The van der Waals surface area contributed by atoms with Crippen LogP contribution >= 0.6 is 11.6 Å². The molecular weight excluding hydrogens is 212 g/mol. The first-order valence-electron chi connectivity index (χ1n) is 4.78. The number of aromatic amines is 1. The fourth-order valence-electron chi connectivity index (χ4n) is 1.61. The van der Waals surface area contributed by atoms with Crippen LogP contribution in [0.4, 0.5) is 0 Å². The predicted molar refractivity (Wildman–Crippen MR) is 61.5 cm³/mol. The fourth-order valence-corrected chi connectivity index (χ4v) is 1.83. The molecule has 0 saturated carbocycles. The standard InChI is InChI=1S/C11H11ClN2O/c1-6(2)9-7-4-3-5-8(12)10(7)14-11(15)13-9/h3-6H,1-2H3,(H,13,14,15). The van der Waals surface area contributed by atoms with E-state index in [9.17, 15) is 4.79 Å². The molecule has 15 heavy (non-hydrogen) atoms. The van der Waals surface area contributed by atoms with E-state index in [1.54, 1.807) is 6.07 Å². The number of hydrogen-bond acceptors (Lipinski definition) is 2. The first-order valence-corrected chi connectivity index (χ1v) is 5.16. The van der Waals surface area contributed by atoms with Crippen LogP contribution in [0.25, 0.3) is 10.9 Å². The van der Waals surface area contributed by atoms with Gasteiger partial charge in [-0.2, -0.15) is 4.98 Å². The van der Waals surface area contributed by atoms with Crippen molar-refractivity contribution in [2.75, 3.05) is 0 Å². The van der Waals surface area contributed by atoms with Gasteiger partial charge in [0, 0.05) is 11.1 Å². The lowest BCUT2D eigenvalue weighted by atomic mass is 10.1. The highest BCUT2D eigenvalue weighted by Gasteiger charge is 2.09. The van der Waals surface area contributed by atoms with Gasteiger partial charge in [0.25, 0.3) is 0 Å². The largest absolute Gasteiger partial charge is 0.345 e. The number of aromatic nitrogens is 2. The Bertz CT molecular complexity index is 560. The SMILES string of the molecule is CC(C)c1[nH]c(=O)nc2c(Cl)cccc12. The van der Waals surface area contributed by atoms with E-state index >= 15 is 0 Å². The van der Waals surface area contributed by atoms with Gasteiger partial charge in [0.1, 0.15) is 0 Å². The van der Waals surface area contributed by atoms with Crippen LogP contribution in [0.1, 0.15) is 25.5 Å². The summed E-state index contributed by atoms with van der Waals surface area (Å²) in [7, 11) is 0. The van der Waals surface area contributed by atoms with Crippen LogP contribution < -0.4 is 5.69 Å². The number of nitrogens with one attached hydrogen (secondary N) is 1. The summed E-state index contributed by atoms with van der Waals surface area (Å²) in [5, 5.41) is 1.43. The number of H-pyrrole nitrogens is 1. The van der Waals surface area contributed by atoms with Crippen molar-refractivity contribution in [1.82, 2.24) is 9.97 Å². The smallest absolute Gasteiger partial charge is 0.309 e. The van der Waals surface area contributed by atoms with E-state index < -0.39 is 0 Å². The minimum atomic E-state index is -0.348. The van der Waals surface area contributed by atoms with E-state index in [4.69, 9.17) is 11.6 Å². The maximum atomic E-state index is 11.3. The Labute approximate surface area is 92.1 Å². The average Bonchev–Trinajstić information content (AvgIpc) is 2.18. The number of rotatable bonds is 1. The lowest BCUT2D eigenvalue weighted by Gasteiger charge is -2.08. The molecule has 1 aromatic heterocycles. The van der Waals surface area contributed by atoms with Crippen molar-refractivity contribution in [1.29, 1.82) is 0 Å². The Morgan fingerprint density at radius 2 is 2.13 bits per heavy atom. The number of fused-ring (bicyclic) bond motifs is 1. The first-order chi connectivity index (χ1) is 7.09. The van der Waals surface area contributed by atoms with E-state index in [-0.39, 0.29) is 11.6 Å². The minimum Gasteiger partial charge on any atom is -0.309 e. The van der Waals surface area contributed by atoms with Gasteiger partial charge in [-0.25, -0.2) is 4.79 Å². The molecule has 0 aliphatic heterocycles. The predicted octanol–water partition coefficient (Wildman–Crippen LogP) is 2.70. The number of halogens is 1. The molecular formula is C11H11ClN2O. The van der Waals surface area contributed by atoms with Gasteiger partial charge in [-0.05, 0) is 12.0 Å². The van der Waals surface area contributed by atoms with E-state index in [1.807, 2.05) is 26.0 Å². The van der Waals surface area contributed by atoms with Gasteiger partial charge in [-0.3, -0.25) is 0 Å².